The van der Waals surface area contributed by atoms with Crippen molar-refractivity contribution in [1.29, 1.82) is 0 Å². The molecule has 0 bridgehead atoms. The number of benzene rings is 1. The number of carbonyl (C=O) groups is 2. The van der Waals surface area contributed by atoms with Crippen LogP contribution in [0.25, 0.3) is 0 Å². The SMILES string of the molecule is O=C(O)CCC(=O)NC1CC(c2ccccc2)C1. The maximum atomic E-state index is 11.4. The first-order valence-electron chi connectivity index (χ1n) is 6.21. The molecule has 1 fully saturated rings. The summed E-state index contributed by atoms with van der Waals surface area (Å²) in [5, 5.41) is 11.3. The van der Waals surface area contributed by atoms with Gasteiger partial charge in [-0.05, 0) is 24.3 Å². The van der Waals surface area contributed by atoms with Crippen LogP contribution in [0, 0.1) is 0 Å². The molecule has 1 aromatic carbocycles. The predicted octanol–water partition coefficient (Wildman–Crippen LogP) is 1.91. The number of nitrogens with one attached hydrogen (secondary N) is 1. The van der Waals surface area contributed by atoms with Crippen LogP contribution in [0.1, 0.15) is 37.2 Å². The molecule has 96 valence electrons. The predicted molar refractivity (Wildman–Crippen MR) is 67.2 cm³/mol. The number of aliphatic carboxylic acids is 1. The summed E-state index contributed by atoms with van der Waals surface area (Å²) in [7, 11) is 0. The largest absolute Gasteiger partial charge is 0.481 e. The summed E-state index contributed by atoms with van der Waals surface area (Å²) in [6.07, 6.45) is 1.87. The molecule has 1 aromatic rings. The molecule has 0 heterocycles. The molecule has 0 unspecified atom stereocenters. The lowest BCUT2D eigenvalue weighted by molar-refractivity contribution is -0.139. The van der Waals surface area contributed by atoms with Gasteiger partial charge in [-0.3, -0.25) is 9.59 Å². The van der Waals surface area contributed by atoms with Gasteiger partial charge in [0, 0.05) is 12.5 Å². The smallest absolute Gasteiger partial charge is 0.303 e. The number of rotatable bonds is 5. The maximum Gasteiger partial charge on any atom is 0.303 e. The van der Waals surface area contributed by atoms with Crippen molar-refractivity contribution in [1.82, 2.24) is 5.32 Å². The summed E-state index contributed by atoms with van der Waals surface area (Å²) in [4.78, 5) is 21.7. The lowest BCUT2D eigenvalue weighted by Gasteiger charge is -2.36. The molecular weight excluding hydrogens is 230 g/mol. The molecule has 0 spiro atoms. The van der Waals surface area contributed by atoms with Crippen LogP contribution in [-0.2, 0) is 9.59 Å². The van der Waals surface area contributed by atoms with E-state index in [-0.39, 0.29) is 24.8 Å². The number of carboxylic acid groups (broad SMARTS) is 1. The molecule has 4 heteroatoms. The number of hydrogen-bond donors (Lipinski definition) is 2. The first kappa shape index (κ1) is 12.6. The molecule has 0 radical (unpaired) electrons. The lowest BCUT2D eigenvalue weighted by atomic mass is 9.76. The highest BCUT2D eigenvalue weighted by Crippen LogP contribution is 2.36. The average Bonchev–Trinajstić information content (AvgIpc) is 2.32. The molecule has 0 aromatic heterocycles. The molecule has 0 aliphatic heterocycles. The molecule has 18 heavy (non-hydrogen) atoms. The van der Waals surface area contributed by atoms with Gasteiger partial charge in [-0.2, -0.15) is 0 Å². The van der Waals surface area contributed by atoms with Gasteiger partial charge in [0.15, 0.2) is 0 Å². The molecule has 1 saturated carbocycles. The second-order valence-corrected chi connectivity index (χ2v) is 4.74. The van der Waals surface area contributed by atoms with E-state index in [2.05, 4.69) is 17.4 Å². The molecule has 1 amide bonds. The van der Waals surface area contributed by atoms with E-state index in [1.54, 1.807) is 0 Å². The monoisotopic (exact) mass is 247 g/mol. The highest BCUT2D eigenvalue weighted by atomic mass is 16.4. The quantitative estimate of drug-likeness (QED) is 0.835. The van der Waals surface area contributed by atoms with Gasteiger partial charge in [-0.25, -0.2) is 0 Å². The molecular formula is C14H17NO3. The van der Waals surface area contributed by atoms with Crippen molar-refractivity contribution in [2.75, 3.05) is 0 Å². The Morgan fingerprint density at radius 1 is 1.17 bits per heavy atom. The molecule has 1 aliphatic carbocycles. The third-order valence-corrected chi connectivity index (χ3v) is 3.34. The van der Waals surface area contributed by atoms with E-state index >= 15 is 0 Å². The van der Waals surface area contributed by atoms with Crippen molar-refractivity contribution in [2.45, 2.75) is 37.6 Å². The van der Waals surface area contributed by atoms with Crippen LogP contribution in [0.5, 0.6) is 0 Å². The van der Waals surface area contributed by atoms with Gasteiger partial charge in [0.25, 0.3) is 0 Å². The van der Waals surface area contributed by atoms with Crippen molar-refractivity contribution >= 4 is 11.9 Å². The van der Waals surface area contributed by atoms with Gasteiger partial charge in [-0.15, -0.1) is 0 Å². The minimum atomic E-state index is -0.930. The second kappa shape index (κ2) is 5.67. The van der Waals surface area contributed by atoms with E-state index < -0.39 is 5.97 Å². The van der Waals surface area contributed by atoms with Crippen molar-refractivity contribution in [2.24, 2.45) is 0 Å². The Morgan fingerprint density at radius 2 is 1.83 bits per heavy atom. The van der Waals surface area contributed by atoms with Crippen LogP contribution in [0.15, 0.2) is 30.3 Å². The normalized spacial score (nSPS) is 22.0. The second-order valence-electron chi connectivity index (χ2n) is 4.74. The summed E-state index contributed by atoms with van der Waals surface area (Å²) in [6.45, 7) is 0. The first-order valence-corrected chi connectivity index (χ1v) is 6.21. The van der Waals surface area contributed by atoms with E-state index in [1.807, 2.05) is 18.2 Å². The maximum absolute atomic E-state index is 11.4. The van der Waals surface area contributed by atoms with Crippen molar-refractivity contribution in [3.05, 3.63) is 35.9 Å². The molecule has 4 nitrogen and oxygen atoms in total. The van der Waals surface area contributed by atoms with Gasteiger partial charge in [0.05, 0.1) is 6.42 Å². The van der Waals surface area contributed by atoms with Gasteiger partial charge < -0.3 is 10.4 Å². The van der Waals surface area contributed by atoms with Crippen LogP contribution in [-0.4, -0.2) is 23.0 Å². The summed E-state index contributed by atoms with van der Waals surface area (Å²) < 4.78 is 0. The fourth-order valence-electron chi connectivity index (χ4n) is 2.25. The van der Waals surface area contributed by atoms with Crippen LogP contribution in [0.4, 0.5) is 0 Å². The summed E-state index contributed by atoms with van der Waals surface area (Å²) in [6, 6.07) is 10.5. The number of amides is 1. The standard InChI is InChI=1S/C14H17NO3/c16-13(6-7-14(17)18)15-12-8-11(9-12)10-4-2-1-3-5-10/h1-5,11-12H,6-9H2,(H,15,16)(H,17,18). The van der Waals surface area contributed by atoms with Crippen molar-refractivity contribution in [3.8, 4) is 0 Å². The molecule has 0 saturated heterocycles. The lowest BCUT2D eigenvalue weighted by Crippen LogP contribution is -2.43. The Morgan fingerprint density at radius 3 is 2.44 bits per heavy atom. The molecule has 1 aliphatic rings. The van der Waals surface area contributed by atoms with Crippen LogP contribution in [0.3, 0.4) is 0 Å². The summed E-state index contributed by atoms with van der Waals surface area (Å²) >= 11 is 0. The Hall–Kier alpha value is -1.84. The number of carboxylic acids is 1. The minimum Gasteiger partial charge on any atom is -0.481 e. The zero-order chi connectivity index (χ0) is 13.0. The Kier molecular flexibility index (Phi) is 3.97. The zero-order valence-electron chi connectivity index (χ0n) is 10.1. The average molecular weight is 247 g/mol. The minimum absolute atomic E-state index is 0.0713. The van der Waals surface area contributed by atoms with E-state index in [4.69, 9.17) is 5.11 Å². The third-order valence-electron chi connectivity index (χ3n) is 3.34. The van der Waals surface area contributed by atoms with Crippen LogP contribution >= 0.6 is 0 Å². The van der Waals surface area contributed by atoms with Gasteiger partial charge in [-0.1, -0.05) is 30.3 Å². The Balaban J connectivity index is 1.70. The topological polar surface area (TPSA) is 66.4 Å². The fraction of sp³-hybridized carbons (Fsp3) is 0.429. The summed E-state index contributed by atoms with van der Waals surface area (Å²) in [5.74, 6) is -0.564. The molecule has 0 atom stereocenters. The van der Waals surface area contributed by atoms with Gasteiger partial charge >= 0.3 is 5.97 Å². The highest BCUT2D eigenvalue weighted by Gasteiger charge is 2.30. The van der Waals surface area contributed by atoms with E-state index in [1.165, 1.54) is 5.56 Å². The van der Waals surface area contributed by atoms with Crippen molar-refractivity contribution in [3.63, 3.8) is 0 Å². The Bertz CT molecular complexity index is 424. The van der Waals surface area contributed by atoms with E-state index in [0.29, 0.717) is 5.92 Å². The van der Waals surface area contributed by atoms with Crippen molar-refractivity contribution < 1.29 is 14.7 Å². The molecule has 2 N–H and O–H groups in total. The zero-order valence-corrected chi connectivity index (χ0v) is 10.1. The number of hydrogen-bond acceptors (Lipinski definition) is 2. The molecule has 2 rings (SSSR count). The van der Waals surface area contributed by atoms with Crippen LogP contribution < -0.4 is 5.32 Å². The Labute approximate surface area is 106 Å². The number of carbonyl (C=O) groups excluding carboxylic acids is 1. The highest BCUT2D eigenvalue weighted by molar-refractivity contribution is 5.80. The first-order chi connectivity index (χ1) is 8.65. The summed E-state index contributed by atoms with van der Waals surface area (Å²) in [5.41, 5.74) is 1.31. The fourth-order valence-corrected chi connectivity index (χ4v) is 2.25. The van der Waals surface area contributed by atoms with Crippen LogP contribution in [0.2, 0.25) is 0 Å². The van der Waals surface area contributed by atoms with E-state index in [9.17, 15) is 9.59 Å². The van der Waals surface area contributed by atoms with E-state index in [0.717, 1.165) is 12.8 Å². The third kappa shape index (κ3) is 3.32. The van der Waals surface area contributed by atoms with Gasteiger partial charge in [0.2, 0.25) is 5.91 Å². The van der Waals surface area contributed by atoms with Gasteiger partial charge in [0.1, 0.15) is 0 Å².